The molecule has 156 valence electrons. The Hall–Kier alpha value is -2.87. The fourth-order valence-corrected chi connectivity index (χ4v) is 2.89. The molecule has 0 unspecified atom stereocenters. The van der Waals surface area contributed by atoms with Gasteiger partial charge in [-0.15, -0.1) is 0 Å². The number of hydrogen-bond donors (Lipinski definition) is 2. The van der Waals surface area contributed by atoms with Crippen LogP contribution in [0.4, 0.5) is 16.2 Å². The molecule has 2 amide bonds. The molecule has 2 aromatic rings. The van der Waals surface area contributed by atoms with Crippen LogP contribution in [0.3, 0.4) is 0 Å². The first kappa shape index (κ1) is 20.9. The summed E-state index contributed by atoms with van der Waals surface area (Å²) in [4.78, 5) is 24.7. The number of benzene rings is 1. The van der Waals surface area contributed by atoms with Gasteiger partial charge in [0.2, 0.25) is 0 Å². The van der Waals surface area contributed by atoms with Crippen molar-refractivity contribution in [2.45, 2.75) is 45.1 Å². The van der Waals surface area contributed by atoms with Crippen LogP contribution >= 0.6 is 0 Å². The highest BCUT2D eigenvalue weighted by atomic mass is 16.6. The molecule has 1 heterocycles. The molecular weight excluding hydrogens is 372 g/mol. The monoisotopic (exact) mass is 400 g/mol. The zero-order valence-corrected chi connectivity index (χ0v) is 17.3. The van der Waals surface area contributed by atoms with Crippen LogP contribution in [0, 0.1) is 0 Å². The van der Waals surface area contributed by atoms with Crippen molar-refractivity contribution in [1.82, 2.24) is 9.78 Å². The second-order valence-electron chi connectivity index (χ2n) is 8.10. The summed E-state index contributed by atoms with van der Waals surface area (Å²) >= 11 is 0. The molecule has 2 N–H and O–H groups in total. The summed E-state index contributed by atoms with van der Waals surface area (Å²) < 4.78 is 11.6. The Morgan fingerprint density at radius 2 is 1.83 bits per heavy atom. The fraction of sp³-hybridized carbons (Fsp3) is 0.476. The molecule has 8 nitrogen and oxygen atoms in total. The van der Waals surface area contributed by atoms with Crippen LogP contribution in [0.1, 0.15) is 55.7 Å². The van der Waals surface area contributed by atoms with E-state index in [1.54, 1.807) is 28.9 Å². The summed E-state index contributed by atoms with van der Waals surface area (Å²) in [6.45, 7) is 6.56. The van der Waals surface area contributed by atoms with Gasteiger partial charge in [0, 0.05) is 24.4 Å². The zero-order valence-electron chi connectivity index (χ0n) is 17.3. The highest BCUT2D eigenvalue weighted by molar-refractivity contribution is 6.03. The highest BCUT2D eigenvalue weighted by Gasteiger charge is 2.31. The van der Waals surface area contributed by atoms with E-state index in [4.69, 9.17) is 9.47 Å². The molecule has 29 heavy (non-hydrogen) atoms. The van der Waals surface area contributed by atoms with E-state index in [1.807, 2.05) is 26.8 Å². The van der Waals surface area contributed by atoms with Gasteiger partial charge >= 0.3 is 6.09 Å². The van der Waals surface area contributed by atoms with E-state index < -0.39 is 6.09 Å². The smallest absolute Gasteiger partial charge is 0.411 e. The summed E-state index contributed by atoms with van der Waals surface area (Å²) in [7, 11) is 1.53. The van der Waals surface area contributed by atoms with Crippen molar-refractivity contribution in [2.24, 2.45) is 0 Å². The van der Waals surface area contributed by atoms with Gasteiger partial charge in [-0.2, -0.15) is 5.10 Å². The largest absolute Gasteiger partial charge is 0.447 e. The normalized spacial score (nSPS) is 13.8. The van der Waals surface area contributed by atoms with Gasteiger partial charge in [0.25, 0.3) is 5.91 Å². The number of aromatic nitrogens is 2. The topological polar surface area (TPSA) is 94.5 Å². The molecule has 1 aliphatic rings. The van der Waals surface area contributed by atoms with E-state index >= 15 is 0 Å². The molecule has 0 saturated heterocycles. The minimum Gasteiger partial charge on any atom is -0.447 e. The lowest BCUT2D eigenvalue weighted by molar-refractivity contribution is 0.100. The van der Waals surface area contributed by atoms with Gasteiger partial charge in [0.1, 0.15) is 12.3 Å². The third-order valence-corrected chi connectivity index (χ3v) is 4.48. The molecule has 0 atom stereocenters. The Kier molecular flexibility index (Phi) is 6.22. The van der Waals surface area contributed by atoms with Crippen LogP contribution in [0.5, 0.6) is 0 Å². The predicted molar refractivity (Wildman–Crippen MR) is 110 cm³/mol. The number of nitrogens with zero attached hydrogens (tertiary/aromatic N) is 2. The summed E-state index contributed by atoms with van der Waals surface area (Å²) in [5, 5.41) is 10.2. The van der Waals surface area contributed by atoms with Gasteiger partial charge in [0.05, 0.1) is 17.8 Å². The van der Waals surface area contributed by atoms with Crippen molar-refractivity contribution in [3.63, 3.8) is 0 Å². The SMILES string of the molecule is COCCOC(=O)Nc1cccc(NC(=O)c2cc(C3CC3)nn2C(C)(C)C)c1. The first-order valence-electron chi connectivity index (χ1n) is 9.72. The van der Waals surface area contributed by atoms with Crippen molar-refractivity contribution in [1.29, 1.82) is 0 Å². The molecule has 1 aliphatic carbocycles. The number of carbonyl (C=O) groups is 2. The van der Waals surface area contributed by atoms with E-state index in [9.17, 15) is 9.59 Å². The van der Waals surface area contributed by atoms with Gasteiger partial charge in [-0.05, 0) is 57.9 Å². The van der Waals surface area contributed by atoms with Crippen LogP contribution in [0.2, 0.25) is 0 Å². The maximum atomic E-state index is 12.9. The highest BCUT2D eigenvalue weighted by Crippen LogP contribution is 2.40. The molecule has 1 saturated carbocycles. The number of methoxy groups -OCH3 is 1. The van der Waals surface area contributed by atoms with Gasteiger partial charge in [0.15, 0.2) is 0 Å². The van der Waals surface area contributed by atoms with Crippen LogP contribution in [0.25, 0.3) is 0 Å². The van der Waals surface area contributed by atoms with Gasteiger partial charge in [-0.3, -0.25) is 14.8 Å². The number of nitrogens with one attached hydrogen (secondary N) is 2. The molecule has 1 aromatic heterocycles. The number of carbonyl (C=O) groups excluding carboxylic acids is 2. The quantitative estimate of drug-likeness (QED) is 0.686. The molecular formula is C21H28N4O4. The van der Waals surface area contributed by atoms with Crippen LogP contribution in [0.15, 0.2) is 30.3 Å². The number of amides is 2. The van der Waals surface area contributed by atoms with Gasteiger partial charge < -0.3 is 14.8 Å². The molecule has 8 heteroatoms. The first-order chi connectivity index (χ1) is 13.8. The number of ether oxygens (including phenoxy) is 2. The molecule has 0 aliphatic heterocycles. The third-order valence-electron chi connectivity index (χ3n) is 4.48. The number of anilines is 2. The maximum Gasteiger partial charge on any atom is 0.411 e. The Bertz CT molecular complexity index is 881. The summed E-state index contributed by atoms with van der Waals surface area (Å²) in [6, 6.07) is 8.79. The molecule has 0 bridgehead atoms. The lowest BCUT2D eigenvalue weighted by Gasteiger charge is -2.22. The lowest BCUT2D eigenvalue weighted by atomic mass is 10.1. The Balaban J connectivity index is 1.70. The van der Waals surface area contributed by atoms with Crippen molar-refractivity contribution < 1.29 is 19.1 Å². The predicted octanol–water partition coefficient (Wildman–Crippen LogP) is 3.96. The Morgan fingerprint density at radius 3 is 2.45 bits per heavy atom. The average Bonchev–Trinajstić information content (AvgIpc) is 3.39. The summed E-state index contributed by atoms with van der Waals surface area (Å²) in [6.07, 6.45) is 1.66. The van der Waals surface area contributed by atoms with Crippen molar-refractivity contribution in [2.75, 3.05) is 31.0 Å². The first-order valence-corrected chi connectivity index (χ1v) is 9.72. The van der Waals surface area contributed by atoms with Gasteiger partial charge in [-0.25, -0.2) is 4.79 Å². The summed E-state index contributed by atoms with van der Waals surface area (Å²) in [5.74, 6) is 0.223. The van der Waals surface area contributed by atoms with E-state index in [0.717, 1.165) is 18.5 Å². The second-order valence-corrected chi connectivity index (χ2v) is 8.10. The van der Waals surface area contributed by atoms with Crippen LogP contribution in [-0.4, -0.2) is 42.1 Å². The van der Waals surface area contributed by atoms with Crippen molar-refractivity contribution in [3.05, 3.63) is 41.7 Å². The van der Waals surface area contributed by atoms with E-state index in [2.05, 4.69) is 15.7 Å². The Labute approximate surface area is 170 Å². The minimum atomic E-state index is -0.578. The minimum absolute atomic E-state index is 0.166. The van der Waals surface area contributed by atoms with Crippen molar-refractivity contribution >= 4 is 23.4 Å². The van der Waals surface area contributed by atoms with Crippen LogP contribution in [-0.2, 0) is 15.0 Å². The molecule has 0 radical (unpaired) electrons. The van der Waals surface area contributed by atoms with E-state index in [1.165, 1.54) is 7.11 Å². The van der Waals surface area contributed by atoms with Crippen LogP contribution < -0.4 is 10.6 Å². The van der Waals surface area contributed by atoms with E-state index in [-0.39, 0.29) is 18.1 Å². The molecule has 1 fully saturated rings. The molecule has 1 aromatic carbocycles. The lowest BCUT2D eigenvalue weighted by Crippen LogP contribution is -2.29. The third kappa shape index (κ3) is 5.57. The average molecular weight is 400 g/mol. The zero-order chi connectivity index (χ0) is 21.0. The van der Waals surface area contributed by atoms with Crippen molar-refractivity contribution in [3.8, 4) is 0 Å². The standard InChI is InChI=1S/C21H28N4O4/c1-21(2,3)25-18(13-17(24-25)14-8-9-14)19(26)22-15-6-5-7-16(12-15)23-20(27)29-11-10-28-4/h5-7,12-14H,8-11H2,1-4H3,(H,22,26)(H,23,27). The Morgan fingerprint density at radius 1 is 1.14 bits per heavy atom. The summed E-state index contributed by atoms with van der Waals surface area (Å²) in [5.41, 5.74) is 2.28. The molecule has 3 rings (SSSR count). The fourth-order valence-electron chi connectivity index (χ4n) is 2.89. The van der Waals surface area contributed by atoms with Gasteiger partial charge in [-0.1, -0.05) is 6.07 Å². The molecule has 0 spiro atoms. The number of rotatable bonds is 7. The second kappa shape index (κ2) is 8.65. The van der Waals surface area contributed by atoms with E-state index in [0.29, 0.717) is 29.6 Å². The number of hydrogen-bond acceptors (Lipinski definition) is 5. The maximum absolute atomic E-state index is 12.9.